The molecule has 176 valence electrons. The summed E-state index contributed by atoms with van der Waals surface area (Å²) in [6.07, 6.45) is 3.77. The Morgan fingerprint density at radius 3 is 2.61 bits per heavy atom. The minimum atomic E-state index is -0.654. The molecule has 1 heterocycles. The average Bonchev–Trinajstić information content (AvgIpc) is 2.87. The first-order valence-electron chi connectivity index (χ1n) is 11.2. The van der Waals surface area contributed by atoms with E-state index >= 15 is 0 Å². The highest BCUT2D eigenvalue weighted by Crippen LogP contribution is 2.26. The number of methoxy groups -OCH3 is 1. The third kappa shape index (κ3) is 6.78. The minimum absolute atomic E-state index is 0.0372. The first-order chi connectivity index (χ1) is 16.0. The van der Waals surface area contributed by atoms with Gasteiger partial charge in [0.25, 0.3) is 5.91 Å². The number of carbonyl (C=O) groups is 3. The second-order valence-corrected chi connectivity index (χ2v) is 8.01. The summed E-state index contributed by atoms with van der Waals surface area (Å²) in [5, 5.41) is 5.52. The molecule has 1 saturated heterocycles. The van der Waals surface area contributed by atoms with Gasteiger partial charge in [0.1, 0.15) is 0 Å². The van der Waals surface area contributed by atoms with E-state index in [1.807, 2.05) is 30.3 Å². The molecule has 2 aromatic carbocycles. The number of ether oxygens (including phenoxy) is 1. The van der Waals surface area contributed by atoms with Gasteiger partial charge in [0.15, 0.2) is 11.6 Å². The molecule has 0 saturated carbocycles. The smallest absolute Gasteiger partial charge is 0.251 e. The number of benzene rings is 2. The summed E-state index contributed by atoms with van der Waals surface area (Å²) in [6.45, 7) is 0.860. The summed E-state index contributed by atoms with van der Waals surface area (Å²) >= 11 is 0. The van der Waals surface area contributed by atoms with E-state index < -0.39 is 17.8 Å². The van der Waals surface area contributed by atoms with Crippen molar-refractivity contribution in [3.05, 3.63) is 65.5 Å². The van der Waals surface area contributed by atoms with Crippen LogP contribution in [0.4, 0.5) is 4.39 Å². The maximum absolute atomic E-state index is 13.9. The van der Waals surface area contributed by atoms with E-state index in [4.69, 9.17) is 4.74 Å². The van der Waals surface area contributed by atoms with Gasteiger partial charge in [-0.3, -0.25) is 14.4 Å². The molecule has 2 N–H and O–H groups in total. The van der Waals surface area contributed by atoms with Crippen LogP contribution in [-0.4, -0.2) is 49.4 Å². The van der Waals surface area contributed by atoms with Gasteiger partial charge < -0.3 is 20.3 Å². The van der Waals surface area contributed by atoms with Crippen molar-refractivity contribution in [2.24, 2.45) is 0 Å². The van der Waals surface area contributed by atoms with Gasteiger partial charge in [-0.15, -0.1) is 0 Å². The second-order valence-electron chi connectivity index (χ2n) is 8.01. The lowest BCUT2D eigenvalue weighted by molar-refractivity contribution is -0.134. The van der Waals surface area contributed by atoms with Gasteiger partial charge in [-0.25, -0.2) is 4.39 Å². The van der Waals surface area contributed by atoms with Gasteiger partial charge in [0.2, 0.25) is 11.8 Å². The van der Waals surface area contributed by atoms with Gasteiger partial charge in [0.05, 0.1) is 26.1 Å². The van der Waals surface area contributed by atoms with Crippen molar-refractivity contribution in [2.45, 2.75) is 38.1 Å². The Bertz CT molecular complexity index is 967. The van der Waals surface area contributed by atoms with Crippen molar-refractivity contribution >= 4 is 17.7 Å². The number of hydrogen-bond donors (Lipinski definition) is 2. The standard InChI is InChI=1S/C25H30FN3O4/c1-33-22-12-11-19(15-20(22)26)25(32)28-17-24(31)29-14-8-3-2-7-13-27-23(30)16-21(29)18-9-5-4-6-10-18/h4-6,9-12,15,21H,2-3,7-8,13-14,16-17H2,1H3,(H,27,30)(H,28,32). The number of carbonyl (C=O) groups excluding carboxylic acids is 3. The zero-order valence-corrected chi connectivity index (χ0v) is 18.8. The quantitative estimate of drug-likeness (QED) is 0.725. The van der Waals surface area contributed by atoms with E-state index in [1.165, 1.54) is 19.2 Å². The Hall–Kier alpha value is -3.42. The number of hydrogen-bond acceptors (Lipinski definition) is 4. The van der Waals surface area contributed by atoms with E-state index in [0.29, 0.717) is 13.1 Å². The normalized spacial score (nSPS) is 17.5. The van der Waals surface area contributed by atoms with Crippen molar-refractivity contribution in [3.63, 3.8) is 0 Å². The fourth-order valence-corrected chi connectivity index (χ4v) is 3.94. The Labute approximate surface area is 193 Å². The molecular formula is C25H30FN3O4. The summed E-state index contributed by atoms with van der Waals surface area (Å²) in [7, 11) is 1.34. The zero-order chi connectivity index (χ0) is 23.6. The highest BCUT2D eigenvalue weighted by molar-refractivity contribution is 5.96. The van der Waals surface area contributed by atoms with E-state index in [-0.39, 0.29) is 36.1 Å². The predicted molar refractivity (Wildman–Crippen MR) is 122 cm³/mol. The van der Waals surface area contributed by atoms with E-state index in [2.05, 4.69) is 10.6 Å². The van der Waals surface area contributed by atoms with Crippen molar-refractivity contribution in [2.75, 3.05) is 26.7 Å². The number of halogens is 1. The summed E-state index contributed by atoms with van der Waals surface area (Å²) in [6, 6.07) is 12.9. The van der Waals surface area contributed by atoms with E-state index in [0.717, 1.165) is 37.3 Å². The van der Waals surface area contributed by atoms with Crippen molar-refractivity contribution in [1.29, 1.82) is 0 Å². The second kappa shape index (κ2) is 12.0. The van der Waals surface area contributed by atoms with Crippen LogP contribution in [0.1, 0.15) is 54.1 Å². The first kappa shape index (κ1) is 24.2. The molecule has 0 bridgehead atoms. The molecule has 1 aliphatic heterocycles. The van der Waals surface area contributed by atoms with Gasteiger partial charge in [-0.05, 0) is 36.6 Å². The Balaban J connectivity index is 1.76. The molecule has 3 amide bonds. The number of rotatable bonds is 5. The molecule has 3 rings (SSSR count). The fourth-order valence-electron chi connectivity index (χ4n) is 3.94. The fraction of sp³-hybridized carbons (Fsp3) is 0.400. The molecule has 0 radical (unpaired) electrons. The van der Waals surface area contributed by atoms with Crippen LogP contribution in [0.25, 0.3) is 0 Å². The van der Waals surface area contributed by atoms with Crippen LogP contribution in [0, 0.1) is 5.82 Å². The van der Waals surface area contributed by atoms with Gasteiger partial charge in [0, 0.05) is 18.7 Å². The molecule has 1 unspecified atom stereocenters. The monoisotopic (exact) mass is 455 g/mol. The molecule has 0 aromatic heterocycles. The van der Waals surface area contributed by atoms with Gasteiger partial charge >= 0.3 is 0 Å². The molecule has 33 heavy (non-hydrogen) atoms. The zero-order valence-electron chi connectivity index (χ0n) is 18.8. The van der Waals surface area contributed by atoms with E-state index in [1.54, 1.807) is 4.90 Å². The topological polar surface area (TPSA) is 87.7 Å². The Morgan fingerprint density at radius 1 is 1.12 bits per heavy atom. The highest BCUT2D eigenvalue weighted by atomic mass is 19.1. The lowest BCUT2D eigenvalue weighted by Crippen LogP contribution is -2.44. The van der Waals surface area contributed by atoms with Crippen LogP contribution in [-0.2, 0) is 9.59 Å². The van der Waals surface area contributed by atoms with Crippen LogP contribution in [0.5, 0.6) is 5.75 Å². The molecule has 0 spiro atoms. The molecule has 1 atom stereocenters. The van der Waals surface area contributed by atoms with Gasteiger partial charge in [-0.2, -0.15) is 0 Å². The third-order valence-corrected chi connectivity index (χ3v) is 5.72. The van der Waals surface area contributed by atoms with Crippen LogP contribution < -0.4 is 15.4 Å². The first-order valence-corrected chi connectivity index (χ1v) is 11.2. The lowest BCUT2D eigenvalue weighted by atomic mass is 10.0. The van der Waals surface area contributed by atoms with Crippen LogP contribution in [0.15, 0.2) is 48.5 Å². The Morgan fingerprint density at radius 2 is 1.88 bits per heavy atom. The van der Waals surface area contributed by atoms with Crippen molar-refractivity contribution < 1.29 is 23.5 Å². The SMILES string of the molecule is COc1ccc(C(=O)NCC(=O)N2CCCCCCNC(=O)CC2c2ccccc2)cc1F. The molecule has 0 aliphatic carbocycles. The number of nitrogens with one attached hydrogen (secondary N) is 2. The molecular weight excluding hydrogens is 425 g/mol. The number of nitrogens with zero attached hydrogens (tertiary/aromatic N) is 1. The summed E-state index contributed by atoms with van der Waals surface area (Å²) in [5.74, 6) is -1.58. The van der Waals surface area contributed by atoms with Crippen molar-refractivity contribution in [3.8, 4) is 5.75 Å². The Kier molecular flexibility index (Phi) is 8.80. The minimum Gasteiger partial charge on any atom is -0.494 e. The average molecular weight is 456 g/mol. The molecule has 7 nitrogen and oxygen atoms in total. The lowest BCUT2D eigenvalue weighted by Gasteiger charge is -2.32. The summed E-state index contributed by atoms with van der Waals surface area (Å²) in [4.78, 5) is 39.9. The van der Waals surface area contributed by atoms with Crippen LogP contribution in [0.2, 0.25) is 0 Å². The van der Waals surface area contributed by atoms with Crippen LogP contribution >= 0.6 is 0 Å². The summed E-state index contributed by atoms with van der Waals surface area (Å²) < 4.78 is 18.8. The predicted octanol–water partition coefficient (Wildman–Crippen LogP) is 3.21. The maximum atomic E-state index is 13.9. The summed E-state index contributed by atoms with van der Waals surface area (Å²) in [5.41, 5.74) is 0.960. The third-order valence-electron chi connectivity index (χ3n) is 5.72. The van der Waals surface area contributed by atoms with Gasteiger partial charge in [-0.1, -0.05) is 43.2 Å². The molecule has 1 fully saturated rings. The van der Waals surface area contributed by atoms with E-state index in [9.17, 15) is 18.8 Å². The van der Waals surface area contributed by atoms with Crippen molar-refractivity contribution in [1.82, 2.24) is 15.5 Å². The highest BCUT2D eigenvalue weighted by Gasteiger charge is 2.27. The molecule has 1 aliphatic rings. The largest absolute Gasteiger partial charge is 0.494 e. The maximum Gasteiger partial charge on any atom is 0.251 e. The van der Waals surface area contributed by atoms with Crippen LogP contribution in [0.3, 0.4) is 0 Å². The molecule has 2 aromatic rings. The number of amides is 3. The molecule has 8 heteroatoms.